The van der Waals surface area contributed by atoms with E-state index in [4.69, 9.17) is 4.13 Å². The molecule has 0 atom stereocenters. The Kier molecular flexibility index (Phi) is 2.45. The molecule has 5 heavy (non-hydrogen) atoms. The van der Waals surface area contributed by atoms with Crippen LogP contribution in [0.3, 0.4) is 0 Å². The third-order valence-electron chi connectivity index (χ3n) is 0.302. The van der Waals surface area contributed by atoms with Gasteiger partial charge in [-0.2, -0.15) is 0 Å². The minimum atomic E-state index is -2.61. The Labute approximate surface area is 35.5 Å². The van der Waals surface area contributed by atoms with E-state index in [1.165, 1.54) is 0 Å². The quantitative estimate of drug-likeness (QED) is 0.510. The average molecular weight is 135 g/mol. The van der Waals surface area contributed by atoms with Gasteiger partial charge in [-0.05, 0) is 0 Å². The van der Waals surface area contributed by atoms with Crippen LogP contribution in [0, 0.1) is 0 Å². The molecular weight excluding hydrogens is 129 g/mol. The molecule has 3 heteroatoms. The van der Waals surface area contributed by atoms with Crippen molar-refractivity contribution in [1.82, 2.24) is 0 Å². The molecule has 0 aromatic carbocycles. The molecule has 0 aliphatic rings. The fourth-order valence-electron chi connectivity index (χ4n) is 0. The van der Waals surface area contributed by atoms with Crippen LogP contribution < -0.4 is 0 Å². The molecule has 0 amide bonds. The Balaban J connectivity index is 2.85. The molecule has 0 aromatic heterocycles. The summed E-state index contributed by atoms with van der Waals surface area (Å²) in [6.07, 6.45) is 0. The summed E-state index contributed by atoms with van der Waals surface area (Å²) in [6, 6.07) is 0. The van der Waals surface area contributed by atoms with Crippen molar-refractivity contribution in [3.8, 4) is 0 Å². The van der Waals surface area contributed by atoms with E-state index in [0.717, 1.165) is 0 Å². The van der Waals surface area contributed by atoms with Gasteiger partial charge < -0.3 is 0 Å². The molecule has 0 heterocycles. The first-order chi connectivity index (χ1) is 2.27. The van der Waals surface area contributed by atoms with E-state index in [1.807, 2.05) is 0 Å². The van der Waals surface area contributed by atoms with Crippen LogP contribution in [-0.2, 0) is 3.78 Å². The standard InChI is InChI=1S/C2H6GeO2/c1-2-3(4)5/h4H,2H2,1H3. The van der Waals surface area contributed by atoms with Gasteiger partial charge in [-0.3, -0.25) is 0 Å². The molecule has 0 aromatic rings. The first kappa shape index (κ1) is 5.14. The van der Waals surface area contributed by atoms with Gasteiger partial charge in [-0.15, -0.1) is 0 Å². The van der Waals surface area contributed by atoms with E-state index in [0.29, 0.717) is 5.25 Å². The molecule has 1 N–H and O–H groups in total. The number of hydrogen-bond acceptors (Lipinski definition) is 1. The summed E-state index contributed by atoms with van der Waals surface area (Å²) < 4.78 is 17.6. The van der Waals surface area contributed by atoms with Crippen molar-refractivity contribution in [1.29, 1.82) is 0 Å². The summed E-state index contributed by atoms with van der Waals surface area (Å²) in [5.41, 5.74) is 0. The number of rotatable bonds is 1. The van der Waals surface area contributed by atoms with Gasteiger partial charge in [-0.25, -0.2) is 0 Å². The van der Waals surface area contributed by atoms with E-state index in [1.54, 1.807) is 6.92 Å². The summed E-state index contributed by atoms with van der Waals surface area (Å²) in [5.74, 6) is 0. The van der Waals surface area contributed by atoms with Crippen LogP contribution in [0.4, 0.5) is 0 Å². The normalized spacial score (nSPS) is 7.40. The van der Waals surface area contributed by atoms with Crippen LogP contribution in [0.5, 0.6) is 0 Å². The van der Waals surface area contributed by atoms with Gasteiger partial charge in [0, 0.05) is 0 Å². The maximum atomic E-state index is 9.62. The van der Waals surface area contributed by atoms with Gasteiger partial charge in [0.25, 0.3) is 0 Å². The second-order valence-corrected chi connectivity index (χ2v) is 3.88. The van der Waals surface area contributed by atoms with Crippen molar-refractivity contribution in [3.05, 3.63) is 0 Å². The zero-order valence-electron chi connectivity index (χ0n) is 3.06. The fraction of sp³-hybridized carbons (Fsp3) is 1.00. The molecular formula is C2H6GeO2. The van der Waals surface area contributed by atoms with Gasteiger partial charge in [0.05, 0.1) is 0 Å². The molecule has 0 aliphatic carbocycles. The van der Waals surface area contributed by atoms with Crippen LogP contribution in [0.2, 0.25) is 5.25 Å². The molecule has 0 rings (SSSR count). The van der Waals surface area contributed by atoms with Crippen LogP contribution in [0.1, 0.15) is 6.92 Å². The molecule has 0 saturated carbocycles. The fourth-order valence-corrected chi connectivity index (χ4v) is 0. The third kappa shape index (κ3) is 4.14. The summed E-state index contributed by atoms with van der Waals surface area (Å²) in [4.78, 5) is 0. The van der Waals surface area contributed by atoms with Crippen molar-refractivity contribution in [3.63, 3.8) is 0 Å². The van der Waals surface area contributed by atoms with E-state index >= 15 is 0 Å². The van der Waals surface area contributed by atoms with E-state index in [9.17, 15) is 3.78 Å². The third-order valence-corrected chi connectivity index (χ3v) is 1.57. The van der Waals surface area contributed by atoms with Crippen molar-refractivity contribution >= 4 is 14.6 Å². The first-order valence-electron chi connectivity index (χ1n) is 1.49. The van der Waals surface area contributed by atoms with Crippen molar-refractivity contribution < 1.29 is 7.91 Å². The zero-order chi connectivity index (χ0) is 4.28. The molecule has 0 radical (unpaired) electrons. The van der Waals surface area contributed by atoms with Crippen molar-refractivity contribution in [2.75, 3.05) is 0 Å². The SMILES string of the molecule is C[CH2][Ge](=[O])[OH]. The maximum absolute atomic E-state index is 9.62. The Morgan fingerprint density at radius 1 is 2.00 bits per heavy atom. The molecule has 0 aliphatic heterocycles. The van der Waals surface area contributed by atoms with E-state index < -0.39 is 14.6 Å². The molecule has 0 saturated heterocycles. The minimum absolute atomic E-state index is 0.472. The predicted octanol–water partition coefficient (Wildman–Crippen LogP) is -0.0827. The second-order valence-electron chi connectivity index (χ2n) is 0.747. The second kappa shape index (κ2) is 2.38. The van der Waals surface area contributed by atoms with Gasteiger partial charge in [0.2, 0.25) is 0 Å². The average Bonchev–Trinajstić information content (AvgIpc) is 1.38. The topological polar surface area (TPSA) is 37.3 Å². The molecule has 0 unspecified atom stereocenters. The molecule has 0 bridgehead atoms. The first-order valence-corrected chi connectivity index (χ1v) is 4.77. The summed E-state index contributed by atoms with van der Waals surface area (Å²) >= 11 is -2.61. The number of hydrogen-bond donors (Lipinski definition) is 1. The van der Waals surface area contributed by atoms with Crippen LogP contribution in [0.15, 0.2) is 0 Å². The van der Waals surface area contributed by atoms with Gasteiger partial charge in [0.15, 0.2) is 0 Å². The van der Waals surface area contributed by atoms with Crippen molar-refractivity contribution in [2.24, 2.45) is 0 Å². The Hall–Kier alpha value is 0.143. The van der Waals surface area contributed by atoms with Gasteiger partial charge >= 0.3 is 34.7 Å². The summed E-state index contributed by atoms with van der Waals surface area (Å²) in [6.45, 7) is 1.71. The molecule has 30 valence electrons. The van der Waals surface area contributed by atoms with Crippen LogP contribution in [-0.4, -0.2) is 18.8 Å². The zero-order valence-corrected chi connectivity index (χ0v) is 5.16. The molecule has 2 nitrogen and oxygen atoms in total. The predicted molar refractivity (Wildman–Crippen MR) is 19.1 cm³/mol. The summed E-state index contributed by atoms with van der Waals surface area (Å²) in [7, 11) is 0. The molecule has 0 fully saturated rings. The van der Waals surface area contributed by atoms with Gasteiger partial charge in [-0.1, -0.05) is 0 Å². The summed E-state index contributed by atoms with van der Waals surface area (Å²) in [5, 5.41) is 0.472. The Morgan fingerprint density at radius 2 is 2.20 bits per heavy atom. The monoisotopic (exact) mass is 136 g/mol. The molecule has 0 spiro atoms. The Morgan fingerprint density at radius 3 is 2.20 bits per heavy atom. The van der Waals surface area contributed by atoms with Crippen LogP contribution in [0.25, 0.3) is 0 Å². The van der Waals surface area contributed by atoms with E-state index in [-0.39, 0.29) is 0 Å². The Bertz CT molecular complexity index is 42.9. The van der Waals surface area contributed by atoms with Crippen LogP contribution >= 0.6 is 0 Å². The van der Waals surface area contributed by atoms with E-state index in [2.05, 4.69) is 0 Å². The van der Waals surface area contributed by atoms with Gasteiger partial charge in [0.1, 0.15) is 0 Å². The van der Waals surface area contributed by atoms with Crippen molar-refractivity contribution in [2.45, 2.75) is 12.2 Å².